The van der Waals surface area contributed by atoms with Gasteiger partial charge in [0.05, 0.1) is 13.2 Å². The van der Waals surface area contributed by atoms with E-state index in [2.05, 4.69) is 10.3 Å². The van der Waals surface area contributed by atoms with E-state index in [4.69, 9.17) is 21.7 Å². The van der Waals surface area contributed by atoms with Gasteiger partial charge in [-0.15, -0.1) is 0 Å². The number of esters is 1. The van der Waals surface area contributed by atoms with Gasteiger partial charge in [-0.1, -0.05) is 12.1 Å². The highest BCUT2D eigenvalue weighted by Gasteiger charge is 2.36. The van der Waals surface area contributed by atoms with Crippen LogP contribution in [0.3, 0.4) is 0 Å². The van der Waals surface area contributed by atoms with Crippen molar-refractivity contribution in [3.8, 4) is 5.75 Å². The van der Waals surface area contributed by atoms with Gasteiger partial charge < -0.3 is 19.7 Å². The molecule has 0 amide bonds. The van der Waals surface area contributed by atoms with Gasteiger partial charge in [-0.3, -0.25) is 4.79 Å². The summed E-state index contributed by atoms with van der Waals surface area (Å²) in [5.74, 6) is -0.0474. The third kappa shape index (κ3) is 4.52. The SMILES string of the molecule is COc1ccc(C2NC(=S)N=C(C)C2C(=O)OCCN(C)C)cc1. The normalized spacial score (nSPS) is 20.4. The van der Waals surface area contributed by atoms with Crippen molar-refractivity contribution < 1.29 is 14.3 Å². The number of ether oxygens (including phenoxy) is 2. The van der Waals surface area contributed by atoms with Gasteiger partial charge in [0.2, 0.25) is 0 Å². The van der Waals surface area contributed by atoms with Crippen LogP contribution in [0.2, 0.25) is 0 Å². The van der Waals surface area contributed by atoms with Crippen LogP contribution in [0.5, 0.6) is 5.75 Å². The molecule has 130 valence electrons. The van der Waals surface area contributed by atoms with E-state index in [-0.39, 0.29) is 12.0 Å². The standard InChI is InChI=1S/C17H23N3O3S/c1-11-14(16(21)23-10-9-20(2)3)15(19-17(24)18-11)12-5-7-13(22-4)8-6-12/h5-8,14-15H,9-10H2,1-4H3,(H,19,24). The molecule has 1 aromatic rings. The number of methoxy groups -OCH3 is 1. The predicted molar refractivity (Wildman–Crippen MR) is 97.6 cm³/mol. The molecule has 7 heteroatoms. The molecule has 1 aliphatic rings. The number of hydrogen-bond donors (Lipinski definition) is 1. The molecular weight excluding hydrogens is 326 g/mol. The summed E-state index contributed by atoms with van der Waals surface area (Å²) in [7, 11) is 5.48. The highest BCUT2D eigenvalue weighted by Crippen LogP contribution is 2.29. The van der Waals surface area contributed by atoms with Crippen molar-refractivity contribution in [2.75, 3.05) is 34.4 Å². The zero-order valence-corrected chi connectivity index (χ0v) is 15.2. The van der Waals surface area contributed by atoms with Crippen LogP contribution in [-0.4, -0.2) is 56.1 Å². The first-order valence-corrected chi connectivity index (χ1v) is 8.14. The number of likely N-dealkylation sites (N-methyl/N-ethyl adjacent to an activating group) is 1. The average Bonchev–Trinajstić information content (AvgIpc) is 2.53. The Labute approximate surface area is 147 Å². The Morgan fingerprint density at radius 2 is 2.00 bits per heavy atom. The summed E-state index contributed by atoms with van der Waals surface area (Å²) in [6, 6.07) is 7.24. The maximum absolute atomic E-state index is 12.6. The molecule has 24 heavy (non-hydrogen) atoms. The molecule has 0 aromatic heterocycles. The number of thiocarbonyl (C=S) groups is 1. The minimum absolute atomic E-state index is 0.297. The molecule has 0 fully saturated rings. The molecule has 1 aliphatic heterocycles. The van der Waals surface area contributed by atoms with Crippen molar-refractivity contribution >= 4 is 29.0 Å². The highest BCUT2D eigenvalue weighted by molar-refractivity contribution is 7.80. The number of rotatable bonds is 6. The summed E-state index contributed by atoms with van der Waals surface area (Å²) in [6.45, 7) is 2.82. The molecule has 0 aliphatic carbocycles. The van der Waals surface area contributed by atoms with Crippen LogP contribution in [0.1, 0.15) is 18.5 Å². The lowest BCUT2D eigenvalue weighted by atomic mass is 9.88. The Morgan fingerprint density at radius 3 is 2.58 bits per heavy atom. The third-order valence-electron chi connectivity index (χ3n) is 3.85. The Kier molecular flexibility index (Phi) is 6.28. The molecule has 0 radical (unpaired) electrons. The number of carbonyl (C=O) groups is 1. The number of carbonyl (C=O) groups excluding carboxylic acids is 1. The van der Waals surface area contributed by atoms with Crippen LogP contribution in [0, 0.1) is 5.92 Å². The van der Waals surface area contributed by atoms with Crippen LogP contribution in [0.15, 0.2) is 29.3 Å². The minimum Gasteiger partial charge on any atom is -0.497 e. The maximum Gasteiger partial charge on any atom is 0.317 e. The van der Waals surface area contributed by atoms with Crippen molar-refractivity contribution in [2.45, 2.75) is 13.0 Å². The zero-order valence-electron chi connectivity index (χ0n) is 14.4. The summed E-state index contributed by atoms with van der Waals surface area (Å²) in [6.07, 6.45) is 0. The molecule has 6 nitrogen and oxygen atoms in total. The first-order valence-electron chi connectivity index (χ1n) is 7.73. The van der Waals surface area contributed by atoms with Crippen LogP contribution in [0.4, 0.5) is 0 Å². The summed E-state index contributed by atoms with van der Waals surface area (Å²) >= 11 is 5.19. The third-order valence-corrected chi connectivity index (χ3v) is 4.06. The fraction of sp³-hybridized carbons (Fsp3) is 0.471. The second-order valence-electron chi connectivity index (χ2n) is 5.90. The van der Waals surface area contributed by atoms with Gasteiger partial charge in [-0.05, 0) is 50.9 Å². The monoisotopic (exact) mass is 349 g/mol. The van der Waals surface area contributed by atoms with E-state index in [1.807, 2.05) is 50.2 Å². The first-order chi connectivity index (χ1) is 11.4. The van der Waals surface area contributed by atoms with Gasteiger partial charge in [0, 0.05) is 12.3 Å². The summed E-state index contributed by atoms with van der Waals surface area (Å²) < 4.78 is 10.6. The molecular formula is C17H23N3O3S. The molecule has 0 saturated carbocycles. The lowest BCUT2D eigenvalue weighted by Crippen LogP contribution is -2.44. The van der Waals surface area contributed by atoms with Crippen molar-refractivity contribution in [2.24, 2.45) is 10.9 Å². The Bertz CT molecular complexity index is 628. The number of benzene rings is 1. The van der Waals surface area contributed by atoms with Gasteiger partial charge in [-0.25, -0.2) is 4.99 Å². The number of aliphatic imine (C=N–C) groups is 1. The predicted octanol–water partition coefficient (Wildman–Crippen LogP) is 1.81. The average molecular weight is 349 g/mol. The van der Waals surface area contributed by atoms with E-state index in [9.17, 15) is 4.79 Å². The van der Waals surface area contributed by atoms with Crippen LogP contribution >= 0.6 is 12.2 Å². The summed E-state index contributed by atoms with van der Waals surface area (Å²) in [4.78, 5) is 18.8. The molecule has 0 spiro atoms. The van der Waals surface area contributed by atoms with Crippen LogP contribution in [0.25, 0.3) is 0 Å². The Morgan fingerprint density at radius 1 is 1.33 bits per heavy atom. The van der Waals surface area contributed by atoms with Crippen LogP contribution < -0.4 is 10.1 Å². The van der Waals surface area contributed by atoms with E-state index in [1.54, 1.807) is 7.11 Å². The minimum atomic E-state index is -0.507. The fourth-order valence-corrected chi connectivity index (χ4v) is 2.80. The molecule has 0 saturated heterocycles. The number of nitrogens with one attached hydrogen (secondary N) is 1. The maximum atomic E-state index is 12.6. The second kappa shape index (κ2) is 8.21. The van der Waals surface area contributed by atoms with E-state index in [0.717, 1.165) is 11.3 Å². The largest absolute Gasteiger partial charge is 0.497 e. The second-order valence-corrected chi connectivity index (χ2v) is 6.29. The van der Waals surface area contributed by atoms with E-state index in [1.165, 1.54) is 0 Å². The summed E-state index contributed by atoms with van der Waals surface area (Å²) in [5, 5.41) is 3.50. The lowest BCUT2D eigenvalue weighted by molar-refractivity contribution is -0.147. The quantitative estimate of drug-likeness (QED) is 0.624. The van der Waals surface area contributed by atoms with E-state index >= 15 is 0 Å². The molecule has 1 heterocycles. The molecule has 2 atom stereocenters. The van der Waals surface area contributed by atoms with Gasteiger partial charge in [-0.2, -0.15) is 0 Å². The van der Waals surface area contributed by atoms with Crippen molar-refractivity contribution in [1.29, 1.82) is 0 Å². The number of nitrogens with zero attached hydrogens (tertiary/aromatic N) is 2. The van der Waals surface area contributed by atoms with E-state index in [0.29, 0.717) is 24.0 Å². The molecule has 2 unspecified atom stereocenters. The van der Waals surface area contributed by atoms with Gasteiger partial charge in [0.1, 0.15) is 18.3 Å². The van der Waals surface area contributed by atoms with Gasteiger partial charge >= 0.3 is 5.97 Å². The highest BCUT2D eigenvalue weighted by atomic mass is 32.1. The van der Waals surface area contributed by atoms with Crippen molar-refractivity contribution in [3.63, 3.8) is 0 Å². The smallest absolute Gasteiger partial charge is 0.317 e. The number of hydrogen-bond acceptors (Lipinski definition) is 5. The molecule has 1 N–H and O–H groups in total. The lowest BCUT2D eigenvalue weighted by Gasteiger charge is -2.31. The summed E-state index contributed by atoms with van der Waals surface area (Å²) in [5.41, 5.74) is 1.59. The zero-order chi connectivity index (χ0) is 17.7. The van der Waals surface area contributed by atoms with Crippen molar-refractivity contribution in [3.05, 3.63) is 29.8 Å². The first kappa shape index (κ1) is 18.4. The molecule has 0 bridgehead atoms. The molecule has 1 aromatic carbocycles. The van der Waals surface area contributed by atoms with Crippen LogP contribution in [-0.2, 0) is 9.53 Å². The van der Waals surface area contributed by atoms with E-state index < -0.39 is 5.92 Å². The van der Waals surface area contributed by atoms with Gasteiger partial charge in [0.25, 0.3) is 0 Å². The van der Waals surface area contributed by atoms with Crippen molar-refractivity contribution in [1.82, 2.24) is 10.2 Å². The Hall–Kier alpha value is -1.99. The Balaban J connectivity index is 2.20. The topological polar surface area (TPSA) is 63.2 Å². The molecule has 2 rings (SSSR count). The van der Waals surface area contributed by atoms with Gasteiger partial charge in [0.15, 0.2) is 5.11 Å². The fourth-order valence-electron chi connectivity index (χ4n) is 2.53.